The first-order chi connectivity index (χ1) is 13.2. The topological polar surface area (TPSA) is 12.9 Å². The van der Waals surface area contributed by atoms with E-state index in [1.807, 2.05) is 30.3 Å². The second-order valence-corrected chi connectivity index (χ2v) is 6.64. The van der Waals surface area contributed by atoms with E-state index in [9.17, 15) is 8.78 Å². The summed E-state index contributed by atoms with van der Waals surface area (Å²) < 4.78 is 29.0. The van der Waals surface area contributed by atoms with E-state index in [1.54, 1.807) is 30.5 Å². The number of benzene rings is 3. The molecule has 0 aliphatic carbocycles. The molecule has 0 bridgehead atoms. The van der Waals surface area contributed by atoms with Crippen molar-refractivity contribution in [2.45, 2.75) is 19.8 Å². The number of aromatic nitrogens is 1. The molecule has 1 nitrogen and oxygen atoms in total. The van der Waals surface area contributed by atoms with Crippen molar-refractivity contribution in [3.8, 4) is 22.4 Å². The van der Waals surface area contributed by atoms with Crippen molar-refractivity contribution in [3.63, 3.8) is 0 Å². The van der Waals surface area contributed by atoms with Crippen LogP contribution in [-0.4, -0.2) is 4.98 Å². The second kappa shape index (κ2) is 7.28. The molecule has 27 heavy (non-hydrogen) atoms. The molecule has 0 saturated heterocycles. The highest BCUT2D eigenvalue weighted by molar-refractivity contribution is 5.95. The lowest BCUT2D eigenvalue weighted by Gasteiger charge is -2.10. The predicted octanol–water partition coefficient (Wildman–Crippen LogP) is 6.80. The number of hydrogen-bond donors (Lipinski definition) is 0. The first-order valence-electron chi connectivity index (χ1n) is 9.10. The van der Waals surface area contributed by atoms with E-state index in [0.29, 0.717) is 22.2 Å². The van der Waals surface area contributed by atoms with Crippen LogP contribution in [0.1, 0.15) is 18.9 Å². The van der Waals surface area contributed by atoms with Crippen LogP contribution < -0.4 is 0 Å². The van der Waals surface area contributed by atoms with E-state index in [4.69, 9.17) is 0 Å². The van der Waals surface area contributed by atoms with Gasteiger partial charge in [0.25, 0.3) is 0 Å². The maximum Gasteiger partial charge on any atom is 0.133 e. The Morgan fingerprint density at radius 3 is 2.37 bits per heavy atom. The van der Waals surface area contributed by atoms with Crippen molar-refractivity contribution in [3.05, 3.63) is 90.1 Å². The fourth-order valence-electron chi connectivity index (χ4n) is 3.44. The molecule has 0 unspecified atom stereocenters. The third kappa shape index (κ3) is 3.33. The Morgan fingerprint density at radius 2 is 1.59 bits per heavy atom. The van der Waals surface area contributed by atoms with Gasteiger partial charge >= 0.3 is 0 Å². The van der Waals surface area contributed by atoms with Crippen molar-refractivity contribution < 1.29 is 8.78 Å². The second-order valence-electron chi connectivity index (χ2n) is 6.64. The molecule has 3 heteroatoms. The van der Waals surface area contributed by atoms with Gasteiger partial charge in [-0.3, -0.25) is 4.98 Å². The van der Waals surface area contributed by atoms with Gasteiger partial charge in [0.15, 0.2) is 0 Å². The van der Waals surface area contributed by atoms with Gasteiger partial charge in [0.1, 0.15) is 11.6 Å². The minimum absolute atomic E-state index is 0.303. The summed E-state index contributed by atoms with van der Waals surface area (Å²) in [6.07, 6.45) is 3.73. The van der Waals surface area contributed by atoms with Crippen molar-refractivity contribution in [1.29, 1.82) is 0 Å². The molecule has 1 heterocycles. The lowest BCUT2D eigenvalue weighted by atomic mass is 9.97. The van der Waals surface area contributed by atoms with Gasteiger partial charge in [-0.1, -0.05) is 49.7 Å². The first kappa shape index (κ1) is 17.3. The maximum absolute atomic E-state index is 14.5. The molecule has 0 aliphatic rings. The molecule has 0 amide bonds. The largest absolute Gasteiger partial charge is 0.255 e. The Labute approximate surface area is 157 Å². The highest BCUT2D eigenvalue weighted by Crippen LogP contribution is 2.32. The molecule has 0 radical (unpaired) electrons. The smallest absolute Gasteiger partial charge is 0.133 e. The summed E-state index contributed by atoms with van der Waals surface area (Å²) in [5, 5.41) is 1.23. The van der Waals surface area contributed by atoms with Crippen LogP contribution in [0, 0.1) is 11.6 Å². The van der Waals surface area contributed by atoms with Gasteiger partial charge in [-0.2, -0.15) is 0 Å². The predicted molar refractivity (Wildman–Crippen MR) is 107 cm³/mol. The lowest BCUT2D eigenvalue weighted by Crippen LogP contribution is -1.92. The van der Waals surface area contributed by atoms with Crippen LogP contribution in [0.25, 0.3) is 33.2 Å². The average molecular weight is 359 g/mol. The van der Waals surface area contributed by atoms with Crippen LogP contribution in [0.5, 0.6) is 0 Å². The van der Waals surface area contributed by atoms with Crippen LogP contribution in [-0.2, 0) is 6.42 Å². The molecule has 0 fully saturated rings. The Balaban J connectivity index is 1.84. The van der Waals surface area contributed by atoms with E-state index in [-0.39, 0.29) is 11.6 Å². The van der Waals surface area contributed by atoms with Crippen molar-refractivity contribution in [1.82, 2.24) is 4.98 Å². The fourth-order valence-corrected chi connectivity index (χ4v) is 3.44. The molecule has 0 N–H and O–H groups in total. The number of nitrogens with zero attached hydrogens (tertiary/aromatic N) is 1. The number of fused-ring (bicyclic) bond motifs is 1. The molecular formula is C24H19F2N. The van der Waals surface area contributed by atoms with Gasteiger partial charge in [0.2, 0.25) is 0 Å². The summed E-state index contributed by atoms with van der Waals surface area (Å²) in [7, 11) is 0. The third-order valence-corrected chi connectivity index (χ3v) is 4.78. The summed E-state index contributed by atoms with van der Waals surface area (Å²) in [6.45, 7) is 2.13. The summed E-state index contributed by atoms with van der Waals surface area (Å²) in [5.74, 6) is -0.631. The molecular weight excluding hydrogens is 340 g/mol. The normalized spacial score (nSPS) is 11.1. The van der Waals surface area contributed by atoms with Crippen molar-refractivity contribution >= 4 is 10.8 Å². The van der Waals surface area contributed by atoms with Gasteiger partial charge < -0.3 is 0 Å². The van der Waals surface area contributed by atoms with Crippen molar-refractivity contribution in [2.75, 3.05) is 0 Å². The summed E-state index contributed by atoms with van der Waals surface area (Å²) in [6, 6.07) is 19.5. The standard InChI is InChI=1S/C24H19F2N/c1-2-4-16-7-9-17(10-8-16)20-15-19(11-12-21(20)25)24-23-18(13-14-27-24)5-3-6-22(23)26/h3,5-15H,2,4H2,1H3. The van der Waals surface area contributed by atoms with E-state index in [2.05, 4.69) is 11.9 Å². The minimum Gasteiger partial charge on any atom is -0.255 e. The summed E-state index contributed by atoms with van der Waals surface area (Å²) >= 11 is 0. The molecule has 0 aliphatic heterocycles. The highest BCUT2D eigenvalue weighted by Gasteiger charge is 2.13. The summed E-state index contributed by atoms with van der Waals surface area (Å²) in [4.78, 5) is 4.38. The van der Waals surface area contributed by atoms with Crippen LogP contribution in [0.3, 0.4) is 0 Å². The zero-order chi connectivity index (χ0) is 18.8. The number of aryl methyl sites for hydroxylation is 1. The Morgan fingerprint density at radius 1 is 0.815 bits per heavy atom. The molecule has 0 atom stereocenters. The molecule has 1 aromatic heterocycles. The van der Waals surface area contributed by atoms with E-state index < -0.39 is 0 Å². The fraction of sp³-hybridized carbons (Fsp3) is 0.125. The average Bonchev–Trinajstić information content (AvgIpc) is 2.69. The number of hydrogen-bond acceptors (Lipinski definition) is 1. The Hall–Kier alpha value is -3.07. The lowest BCUT2D eigenvalue weighted by molar-refractivity contribution is 0.631. The van der Waals surface area contributed by atoms with Crippen LogP contribution >= 0.6 is 0 Å². The highest BCUT2D eigenvalue weighted by atomic mass is 19.1. The monoisotopic (exact) mass is 359 g/mol. The van der Waals surface area contributed by atoms with Gasteiger partial charge in [-0.05, 0) is 53.3 Å². The van der Waals surface area contributed by atoms with Gasteiger partial charge in [-0.25, -0.2) is 8.78 Å². The summed E-state index contributed by atoms with van der Waals surface area (Å²) in [5.41, 5.74) is 3.74. The van der Waals surface area contributed by atoms with Gasteiger partial charge in [0.05, 0.1) is 5.69 Å². The SMILES string of the molecule is CCCc1ccc(-c2cc(-c3nccc4cccc(F)c34)ccc2F)cc1. The Kier molecular flexibility index (Phi) is 4.68. The van der Waals surface area contributed by atoms with Crippen molar-refractivity contribution in [2.24, 2.45) is 0 Å². The number of halogens is 2. The number of pyridine rings is 1. The van der Waals surface area contributed by atoms with Gasteiger partial charge in [-0.15, -0.1) is 0 Å². The minimum atomic E-state index is -0.328. The number of rotatable bonds is 4. The molecule has 0 saturated carbocycles. The van der Waals surface area contributed by atoms with E-state index in [1.165, 1.54) is 17.7 Å². The van der Waals surface area contributed by atoms with E-state index in [0.717, 1.165) is 23.8 Å². The van der Waals surface area contributed by atoms with Crippen LogP contribution in [0.4, 0.5) is 8.78 Å². The zero-order valence-corrected chi connectivity index (χ0v) is 15.0. The molecule has 134 valence electrons. The van der Waals surface area contributed by atoms with Crippen LogP contribution in [0.15, 0.2) is 72.9 Å². The molecule has 0 spiro atoms. The molecule has 4 rings (SSSR count). The van der Waals surface area contributed by atoms with E-state index >= 15 is 0 Å². The Bertz CT molecular complexity index is 1100. The quantitative estimate of drug-likeness (QED) is 0.390. The molecule has 3 aromatic carbocycles. The zero-order valence-electron chi connectivity index (χ0n) is 15.0. The van der Waals surface area contributed by atoms with Crippen LogP contribution in [0.2, 0.25) is 0 Å². The third-order valence-electron chi connectivity index (χ3n) is 4.78. The maximum atomic E-state index is 14.5. The first-order valence-corrected chi connectivity index (χ1v) is 9.10. The molecule has 4 aromatic rings. The van der Waals surface area contributed by atoms with Gasteiger partial charge in [0, 0.05) is 22.7 Å².